The Morgan fingerprint density at radius 2 is 1.72 bits per heavy atom. The van der Waals surface area contributed by atoms with E-state index >= 15 is 0 Å². The first-order chi connectivity index (χ1) is 12.1. The zero-order valence-electron chi connectivity index (χ0n) is 13.7. The molecule has 1 saturated heterocycles. The zero-order chi connectivity index (χ0) is 17.6. The molecule has 1 aliphatic rings. The van der Waals surface area contributed by atoms with Gasteiger partial charge in [-0.2, -0.15) is 0 Å². The van der Waals surface area contributed by atoms with E-state index in [1.807, 2.05) is 0 Å². The SMILES string of the molecule is O=C(Nc1ccc(CC(=O)N2CCOCC2)cc1)c1ccccc1F. The second kappa shape index (κ2) is 7.90. The fourth-order valence-electron chi connectivity index (χ4n) is 2.65. The molecule has 6 heteroatoms. The number of ether oxygens (including phenoxy) is 1. The van der Waals surface area contributed by atoms with Gasteiger partial charge in [0.1, 0.15) is 5.82 Å². The fourth-order valence-corrected chi connectivity index (χ4v) is 2.65. The van der Waals surface area contributed by atoms with E-state index in [2.05, 4.69) is 5.32 Å². The predicted molar refractivity (Wildman–Crippen MR) is 91.9 cm³/mol. The smallest absolute Gasteiger partial charge is 0.258 e. The summed E-state index contributed by atoms with van der Waals surface area (Å²) >= 11 is 0. The molecule has 130 valence electrons. The van der Waals surface area contributed by atoms with Gasteiger partial charge in [-0.05, 0) is 29.8 Å². The minimum atomic E-state index is -0.562. The van der Waals surface area contributed by atoms with Crippen molar-refractivity contribution < 1.29 is 18.7 Å². The monoisotopic (exact) mass is 342 g/mol. The molecule has 2 amide bonds. The van der Waals surface area contributed by atoms with Crippen LogP contribution < -0.4 is 5.32 Å². The molecule has 0 bridgehead atoms. The van der Waals surface area contributed by atoms with E-state index in [4.69, 9.17) is 4.74 Å². The van der Waals surface area contributed by atoms with Crippen LogP contribution in [0.2, 0.25) is 0 Å². The standard InChI is InChI=1S/C19H19FN2O3/c20-17-4-2-1-3-16(17)19(24)21-15-7-5-14(6-8-15)13-18(23)22-9-11-25-12-10-22/h1-8H,9-13H2,(H,21,24). The highest BCUT2D eigenvalue weighted by Gasteiger charge is 2.17. The molecule has 1 N–H and O–H groups in total. The van der Waals surface area contributed by atoms with Crippen LogP contribution in [0.4, 0.5) is 10.1 Å². The first-order valence-corrected chi connectivity index (χ1v) is 8.14. The molecule has 0 spiro atoms. The Morgan fingerprint density at radius 1 is 1.04 bits per heavy atom. The summed E-state index contributed by atoms with van der Waals surface area (Å²) in [6.07, 6.45) is 0.307. The Labute approximate surface area is 145 Å². The lowest BCUT2D eigenvalue weighted by Gasteiger charge is -2.26. The van der Waals surface area contributed by atoms with Crippen LogP contribution in [0.5, 0.6) is 0 Å². The van der Waals surface area contributed by atoms with Crippen LogP contribution in [0.15, 0.2) is 48.5 Å². The van der Waals surface area contributed by atoms with Crippen LogP contribution in [0.25, 0.3) is 0 Å². The highest BCUT2D eigenvalue weighted by atomic mass is 19.1. The van der Waals surface area contributed by atoms with Gasteiger partial charge in [0.2, 0.25) is 5.91 Å². The van der Waals surface area contributed by atoms with Crippen molar-refractivity contribution in [3.8, 4) is 0 Å². The molecule has 3 rings (SSSR count). The van der Waals surface area contributed by atoms with Crippen LogP contribution in [0, 0.1) is 5.82 Å². The third-order valence-electron chi connectivity index (χ3n) is 4.05. The van der Waals surface area contributed by atoms with Gasteiger partial charge in [-0.15, -0.1) is 0 Å². The Hall–Kier alpha value is -2.73. The number of halogens is 1. The van der Waals surface area contributed by atoms with Crippen LogP contribution in [0.3, 0.4) is 0 Å². The summed E-state index contributed by atoms with van der Waals surface area (Å²) in [7, 11) is 0. The first kappa shape index (κ1) is 17.1. The van der Waals surface area contributed by atoms with Gasteiger partial charge in [-0.3, -0.25) is 9.59 Å². The normalized spacial score (nSPS) is 14.2. The van der Waals surface area contributed by atoms with E-state index < -0.39 is 11.7 Å². The molecule has 0 saturated carbocycles. The molecule has 0 aromatic heterocycles. The lowest BCUT2D eigenvalue weighted by molar-refractivity contribution is -0.134. The molecule has 0 radical (unpaired) electrons. The van der Waals surface area contributed by atoms with Gasteiger partial charge in [0.15, 0.2) is 0 Å². The number of rotatable bonds is 4. The zero-order valence-corrected chi connectivity index (χ0v) is 13.7. The quantitative estimate of drug-likeness (QED) is 0.929. The lowest BCUT2D eigenvalue weighted by atomic mass is 10.1. The number of hydrogen-bond donors (Lipinski definition) is 1. The van der Waals surface area contributed by atoms with Crippen molar-refractivity contribution in [1.29, 1.82) is 0 Å². The molecule has 2 aromatic rings. The van der Waals surface area contributed by atoms with Crippen LogP contribution in [-0.2, 0) is 16.0 Å². The molecule has 1 heterocycles. The summed E-state index contributed by atoms with van der Waals surface area (Å²) < 4.78 is 18.9. The van der Waals surface area contributed by atoms with Crippen LogP contribution in [-0.4, -0.2) is 43.0 Å². The molecule has 0 aliphatic carbocycles. The number of benzene rings is 2. The minimum Gasteiger partial charge on any atom is -0.378 e. The van der Waals surface area contributed by atoms with Crippen LogP contribution in [0.1, 0.15) is 15.9 Å². The summed E-state index contributed by atoms with van der Waals surface area (Å²) in [5.41, 5.74) is 1.41. The van der Waals surface area contributed by atoms with Gasteiger partial charge in [-0.25, -0.2) is 4.39 Å². The maximum absolute atomic E-state index is 13.6. The minimum absolute atomic E-state index is 0.00549. The molecule has 1 fully saturated rings. The van der Waals surface area contributed by atoms with Crippen molar-refractivity contribution in [2.45, 2.75) is 6.42 Å². The predicted octanol–water partition coefficient (Wildman–Crippen LogP) is 2.48. The summed E-state index contributed by atoms with van der Waals surface area (Å²) in [4.78, 5) is 26.1. The molecule has 1 aliphatic heterocycles. The topological polar surface area (TPSA) is 58.6 Å². The molecule has 0 unspecified atom stereocenters. The fraction of sp³-hybridized carbons (Fsp3) is 0.263. The third-order valence-corrected chi connectivity index (χ3v) is 4.05. The number of anilines is 1. The van der Waals surface area contributed by atoms with Crippen molar-refractivity contribution in [3.05, 3.63) is 65.5 Å². The average Bonchev–Trinajstić information content (AvgIpc) is 2.64. The Kier molecular flexibility index (Phi) is 5.40. The lowest BCUT2D eigenvalue weighted by Crippen LogP contribution is -2.41. The number of morpholine rings is 1. The Morgan fingerprint density at radius 3 is 2.40 bits per heavy atom. The second-order valence-corrected chi connectivity index (χ2v) is 5.80. The maximum atomic E-state index is 13.6. The highest BCUT2D eigenvalue weighted by molar-refractivity contribution is 6.04. The molecule has 25 heavy (non-hydrogen) atoms. The molecular weight excluding hydrogens is 323 g/mol. The number of hydrogen-bond acceptors (Lipinski definition) is 3. The molecule has 0 atom stereocenters. The van der Waals surface area contributed by atoms with Crippen molar-refractivity contribution in [2.24, 2.45) is 0 Å². The van der Waals surface area contributed by atoms with Gasteiger partial charge in [-0.1, -0.05) is 24.3 Å². The molecule has 5 nitrogen and oxygen atoms in total. The summed E-state index contributed by atoms with van der Waals surface area (Å²) in [5.74, 6) is -1.01. The van der Waals surface area contributed by atoms with E-state index in [9.17, 15) is 14.0 Å². The first-order valence-electron chi connectivity index (χ1n) is 8.14. The number of carbonyl (C=O) groups is 2. The van der Waals surface area contributed by atoms with E-state index in [0.29, 0.717) is 38.4 Å². The number of nitrogens with one attached hydrogen (secondary N) is 1. The van der Waals surface area contributed by atoms with E-state index in [-0.39, 0.29) is 11.5 Å². The van der Waals surface area contributed by atoms with Gasteiger partial charge < -0.3 is 15.0 Å². The highest BCUT2D eigenvalue weighted by Crippen LogP contribution is 2.14. The second-order valence-electron chi connectivity index (χ2n) is 5.80. The number of nitrogens with zero attached hydrogens (tertiary/aromatic N) is 1. The van der Waals surface area contributed by atoms with E-state index in [0.717, 1.165) is 5.56 Å². The number of amides is 2. The van der Waals surface area contributed by atoms with Gasteiger partial charge in [0, 0.05) is 18.8 Å². The van der Waals surface area contributed by atoms with Crippen molar-refractivity contribution >= 4 is 17.5 Å². The van der Waals surface area contributed by atoms with Crippen molar-refractivity contribution in [2.75, 3.05) is 31.6 Å². The van der Waals surface area contributed by atoms with Gasteiger partial charge >= 0.3 is 0 Å². The summed E-state index contributed by atoms with van der Waals surface area (Å²) in [6.45, 7) is 2.39. The van der Waals surface area contributed by atoms with E-state index in [1.165, 1.54) is 18.2 Å². The molecule has 2 aromatic carbocycles. The van der Waals surface area contributed by atoms with Gasteiger partial charge in [0.25, 0.3) is 5.91 Å². The summed E-state index contributed by atoms with van der Waals surface area (Å²) in [6, 6.07) is 12.8. The maximum Gasteiger partial charge on any atom is 0.258 e. The molecular formula is C19H19FN2O3. The van der Waals surface area contributed by atoms with Crippen molar-refractivity contribution in [1.82, 2.24) is 4.90 Å². The third kappa shape index (κ3) is 4.42. The Bertz CT molecular complexity index is 756. The number of carbonyl (C=O) groups excluding carboxylic acids is 2. The summed E-state index contributed by atoms with van der Waals surface area (Å²) in [5, 5.41) is 2.65. The Balaban J connectivity index is 1.59. The largest absolute Gasteiger partial charge is 0.378 e. The van der Waals surface area contributed by atoms with Crippen LogP contribution >= 0.6 is 0 Å². The average molecular weight is 342 g/mol. The van der Waals surface area contributed by atoms with E-state index in [1.54, 1.807) is 35.2 Å². The van der Waals surface area contributed by atoms with Crippen molar-refractivity contribution in [3.63, 3.8) is 0 Å². The van der Waals surface area contributed by atoms with Gasteiger partial charge in [0.05, 0.1) is 25.2 Å².